The van der Waals surface area contributed by atoms with E-state index in [2.05, 4.69) is 30.8 Å². The number of aromatic nitrogens is 3. The third kappa shape index (κ3) is 2.66. The van der Waals surface area contributed by atoms with Gasteiger partial charge in [0.05, 0.1) is 16.6 Å². The summed E-state index contributed by atoms with van der Waals surface area (Å²) in [6.45, 7) is 1.49. The van der Waals surface area contributed by atoms with Crippen LogP contribution in [-0.2, 0) is 0 Å². The number of fused-ring (bicyclic) bond motifs is 1. The number of aromatic amines is 1. The molecule has 0 saturated carbocycles. The highest BCUT2D eigenvalue weighted by atomic mass is 19.1. The Morgan fingerprint density at radius 2 is 2.24 bits per heavy atom. The summed E-state index contributed by atoms with van der Waals surface area (Å²) in [6.07, 6.45) is 4.31. The fourth-order valence-electron chi connectivity index (χ4n) is 3.45. The van der Waals surface area contributed by atoms with Gasteiger partial charge in [0.2, 0.25) is 0 Å². The van der Waals surface area contributed by atoms with Gasteiger partial charge in [-0.3, -0.25) is 0 Å². The van der Waals surface area contributed by atoms with Crippen LogP contribution in [0.3, 0.4) is 0 Å². The van der Waals surface area contributed by atoms with Crippen LogP contribution < -0.4 is 9.80 Å². The first-order valence-electron chi connectivity index (χ1n) is 8.13. The second-order valence-electron chi connectivity index (χ2n) is 6.21. The first-order valence-corrected chi connectivity index (χ1v) is 8.13. The van der Waals surface area contributed by atoms with Crippen LogP contribution in [0.4, 0.5) is 15.9 Å². The quantitative estimate of drug-likeness (QED) is 0.796. The molecule has 7 heteroatoms. The molecular formula is C18H17FN6. The average molecular weight is 336 g/mol. The summed E-state index contributed by atoms with van der Waals surface area (Å²) in [6, 6.07) is 8.64. The van der Waals surface area contributed by atoms with Crippen LogP contribution in [0.25, 0.3) is 11.0 Å². The molecule has 1 fully saturated rings. The second kappa shape index (κ2) is 6.06. The molecule has 1 atom stereocenters. The van der Waals surface area contributed by atoms with E-state index >= 15 is 0 Å². The smallest absolute Gasteiger partial charge is 0.142 e. The maximum absolute atomic E-state index is 13.6. The highest BCUT2D eigenvalue weighted by molar-refractivity contribution is 5.87. The van der Waals surface area contributed by atoms with Gasteiger partial charge in [0.1, 0.15) is 29.7 Å². The highest BCUT2D eigenvalue weighted by Crippen LogP contribution is 2.30. The lowest BCUT2D eigenvalue weighted by Gasteiger charge is -2.27. The number of halogens is 1. The first kappa shape index (κ1) is 15.4. The summed E-state index contributed by atoms with van der Waals surface area (Å²) in [5.74, 6) is 0.550. The minimum Gasteiger partial charge on any atom is -0.368 e. The van der Waals surface area contributed by atoms with E-state index in [9.17, 15) is 9.65 Å². The molecule has 2 aromatic heterocycles. The van der Waals surface area contributed by atoms with Crippen molar-refractivity contribution in [2.24, 2.45) is 0 Å². The van der Waals surface area contributed by atoms with Gasteiger partial charge in [-0.2, -0.15) is 5.26 Å². The van der Waals surface area contributed by atoms with Crippen molar-refractivity contribution >= 4 is 22.5 Å². The number of H-pyrrole nitrogens is 1. The van der Waals surface area contributed by atoms with Gasteiger partial charge in [-0.05, 0) is 30.7 Å². The number of hydrogen-bond acceptors (Lipinski definition) is 5. The number of likely N-dealkylation sites (N-methyl/N-ethyl adjacent to an activating group) is 1. The zero-order chi connectivity index (χ0) is 17.4. The van der Waals surface area contributed by atoms with Crippen molar-refractivity contribution in [1.29, 1.82) is 5.26 Å². The van der Waals surface area contributed by atoms with Crippen LogP contribution in [0, 0.1) is 17.1 Å². The molecule has 1 aliphatic rings. The average Bonchev–Trinajstić information content (AvgIpc) is 3.30. The van der Waals surface area contributed by atoms with E-state index < -0.39 is 0 Å². The molecule has 25 heavy (non-hydrogen) atoms. The zero-order valence-electron chi connectivity index (χ0n) is 13.8. The van der Waals surface area contributed by atoms with Gasteiger partial charge in [-0.15, -0.1) is 0 Å². The molecule has 4 rings (SSSR count). The lowest BCUT2D eigenvalue weighted by atomic mass is 10.1. The largest absolute Gasteiger partial charge is 0.368 e. The normalized spacial score (nSPS) is 17.0. The SMILES string of the molecule is CN(c1ncnc2[nH]ccc12)[C@@H]1CCN(c2cc(F)ccc2C#N)C1. The predicted octanol–water partition coefficient (Wildman–Crippen LogP) is 2.68. The van der Waals surface area contributed by atoms with Gasteiger partial charge in [-0.1, -0.05) is 0 Å². The van der Waals surface area contributed by atoms with Crippen LogP contribution in [0.1, 0.15) is 12.0 Å². The Morgan fingerprint density at radius 1 is 1.36 bits per heavy atom. The molecule has 1 N–H and O–H groups in total. The van der Waals surface area contributed by atoms with Crippen LogP contribution in [0.2, 0.25) is 0 Å². The van der Waals surface area contributed by atoms with Crippen molar-refractivity contribution in [3.8, 4) is 6.07 Å². The summed E-state index contributed by atoms with van der Waals surface area (Å²) in [7, 11) is 2.01. The lowest BCUT2D eigenvalue weighted by molar-refractivity contribution is 0.627. The summed E-state index contributed by atoms with van der Waals surface area (Å²) in [5.41, 5.74) is 1.97. The third-order valence-electron chi connectivity index (χ3n) is 4.80. The number of benzene rings is 1. The lowest BCUT2D eigenvalue weighted by Crippen LogP contribution is -2.35. The Kier molecular flexibility index (Phi) is 3.73. The second-order valence-corrected chi connectivity index (χ2v) is 6.21. The predicted molar refractivity (Wildman–Crippen MR) is 94.0 cm³/mol. The first-order chi connectivity index (χ1) is 12.2. The van der Waals surface area contributed by atoms with E-state index in [-0.39, 0.29) is 11.9 Å². The van der Waals surface area contributed by atoms with Gasteiger partial charge in [0.25, 0.3) is 0 Å². The van der Waals surface area contributed by atoms with E-state index in [0.29, 0.717) is 17.8 Å². The van der Waals surface area contributed by atoms with Crippen LogP contribution in [0.15, 0.2) is 36.8 Å². The van der Waals surface area contributed by atoms with Crippen LogP contribution in [0.5, 0.6) is 0 Å². The van der Waals surface area contributed by atoms with Gasteiger partial charge in [-0.25, -0.2) is 14.4 Å². The van der Waals surface area contributed by atoms with Gasteiger partial charge in [0.15, 0.2) is 0 Å². The maximum Gasteiger partial charge on any atom is 0.142 e. The van der Waals surface area contributed by atoms with Gasteiger partial charge < -0.3 is 14.8 Å². The Morgan fingerprint density at radius 3 is 3.08 bits per heavy atom. The number of nitrogens with one attached hydrogen (secondary N) is 1. The summed E-state index contributed by atoms with van der Waals surface area (Å²) in [4.78, 5) is 16.0. The molecule has 0 spiro atoms. The number of nitrogens with zero attached hydrogens (tertiary/aromatic N) is 5. The molecule has 0 bridgehead atoms. The monoisotopic (exact) mass is 336 g/mol. The molecule has 6 nitrogen and oxygen atoms in total. The fourth-order valence-corrected chi connectivity index (χ4v) is 3.45. The Hall–Kier alpha value is -3.14. The fraction of sp³-hybridized carbons (Fsp3) is 0.278. The molecule has 1 saturated heterocycles. The Bertz CT molecular complexity index is 960. The topological polar surface area (TPSA) is 71.8 Å². The Balaban J connectivity index is 1.60. The van der Waals surface area contributed by atoms with Crippen LogP contribution >= 0.6 is 0 Å². The molecule has 0 radical (unpaired) electrons. The van der Waals surface area contributed by atoms with E-state index in [0.717, 1.165) is 29.8 Å². The molecule has 1 aromatic carbocycles. The standard InChI is InChI=1S/C18H17FN6/c1-24(18-15-4-6-21-17(15)22-11-23-18)14-5-7-25(10-14)16-8-13(19)3-2-12(16)9-20/h2-4,6,8,11,14H,5,7,10H2,1H3,(H,21,22,23)/t14-/m1/s1. The van der Waals surface area contributed by atoms with E-state index in [1.165, 1.54) is 18.2 Å². The van der Waals surface area contributed by atoms with Crippen molar-refractivity contribution < 1.29 is 4.39 Å². The van der Waals surface area contributed by atoms with Gasteiger partial charge >= 0.3 is 0 Å². The van der Waals surface area contributed by atoms with Crippen molar-refractivity contribution in [3.63, 3.8) is 0 Å². The number of anilines is 2. The minimum absolute atomic E-state index is 0.225. The van der Waals surface area contributed by atoms with Crippen molar-refractivity contribution in [3.05, 3.63) is 48.2 Å². The zero-order valence-corrected chi connectivity index (χ0v) is 13.8. The van der Waals surface area contributed by atoms with Gasteiger partial charge in [0, 0.05) is 32.4 Å². The molecule has 0 aliphatic carbocycles. The summed E-state index contributed by atoms with van der Waals surface area (Å²) in [5, 5.41) is 10.3. The number of hydrogen-bond donors (Lipinski definition) is 1. The highest BCUT2D eigenvalue weighted by Gasteiger charge is 2.29. The number of rotatable bonds is 3. The summed E-state index contributed by atoms with van der Waals surface area (Å²) >= 11 is 0. The molecule has 1 aliphatic heterocycles. The van der Waals surface area contributed by atoms with Crippen LogP contribution in [-0.4, -0.2) is 41.1 Å². The molecule has 0 amide bonds. The van der Waals surface area contributed by atoms with E-state index in [1.807, 2.05) is 19.3 Å². The van der Waals surface area contributed by atoms with Crippen molar-refractivity contribution in [2.75, 3.05) is 29.9 Å². The summed E-state index contributed by atoms with van der Waals surface area (Å²) < 4.78 is 13.6. The molecule has 3 aromatic rings. The minimum atomic E-state index is -0.323. The number of nitriles is 1. The molecule has 0 unspecified atom stereocenters. The molecule has 3 heterocycles. The van der Waals surface area contributed by atoms with E-state index in [4.69, 9.17) is 0 Å². The molecule has 126 valence electrons. The van der Waals surface area contributed by atoms with Crippen molar-refractivity contribution in [2.45, 2.75) is 12.5 Å². The maximum atomic E-state index is 13.6. The molecular weight excluding hydrogens is 319 g/mol. The third-order valence-corrected chi connectivity index (χ3v) is 4.80. The van der Waals surface area contributed by atoms with Crippen molar-refractivity contribution in [1.82, 2.24) is 15.0 Å². The van der Waals surface area contributed by atoms with E-state index in [1.54, 1.807) is 6.33 Å². The Labute approximate surface area is 144 Å².